The summed E-state index contributed by atoms with van der Waals surface area (Å²) >= 11 is 13.6. The van der Waals surface area contributed by atoms with E-state index in [9.17, 15) is 4.79 Å². The second-order valence-electron chi connectivity index (χ2n) is 6.46. The maximum atomic E-state index is 12.9. The number of benzene rings is 3. The fourth-order valence-corrected chi connectivity index (χ4v) is 3.65. The van der Waals surface area contributed by atoms with Gasteiger partial charge >= 0.3 is 0 Å². The minimum Gasteiger partial charge on any atom is -0.325 e. The predicted molar refractivity (Wildman–Crippen MR) is 116 cm³/mol. The quantitative estimate of drug-likeness (QED) is 0.334. The molecule has 0 aromatic heterocycles. The van der Waals surface area contributed by atoms with Gasteiger partial charge in [0.25, 0.3) is 0 Å². The van der Waals surface area contributed by atoms with Crippen molar-refractivity contribution in [1.29, 1.82) is 0 Å². The van der Waals surface area contributed by atoms with Crippen LogP contribution in [0.5, 0.6) is 0 Å². The van der Waals surface area contributed by atoms with Crippen molar-refractivity contribution in [3.63, 3.8) is 0 Å². The molecule has 138 valence electrons. The first-order valence-electron chi connectivity index (χ1n) is 8.56. The molecule has 1 N–H and O–H groups in total. The number of carbonyl (C=O) groups is 1. The Kier molecular flexibility index (Phi) is 6.48. The van der Waals surface area contributed by atoms with Crippen molar-refractivity contribution >= 4 is 46.6 Å². The summed E-state index contributed by atoms with van der Waals surface area (Å²) in [5.74, 6) is 0.369. The van der Waals surface area contributed by atoms with Crippen LogP contribution >= 0.6 is 35.1 Å². The first-order chi connectivity index (χ1) is 12.9. The zero-order valence-electron chi connectivity index (χ0n) is 15.0. The van der Waals surface area contributed by atoms with Crippen LogP contribution in [0.4, 0.5) is 5.69 Å². The second kappa shape index (κ2) is 8.83. The van der Waals surface area contributed by atoms with E-state index in [2.05, 4.69) is 42.8 Å². The van der Waals surface area contributed by atoms with E-state index in [1.165, 1.54) is 17.5 Å². The standard InChI is InChI=1S/C22H19Cl2NOS/c1-14(2)15-6-9-19(10-7-15)27-25-21-11-8-18(24)13-20(21)22(26)16-4-3-5-17(23)12-16/h3-14,25H,1-2H3. The molecule has 0 atom stereocenters. The maximum absolute atomic E-state index is 12.9. The number of hydrogen-bond donors (Lipinski definition) is 1. The predicted octanol–water partition coefficient (Wildman–Crippen LogP) is 7.47. The molecular formula is C22H19Cl2NOS. The molecule has 0 saturated heterocycles. The molecule has 0 bridgehead atoms. The van der Waals surface area contributed by atoms with Crippen LogP contribution in [0.2, 0.25) is 10.0 Å². The van der Waals surface area contributed by atoms with Gasteiger partial charge in [-0.2, -0.15) is 0 Å². The molecule has 0 aliphatic carbocycles. The largest absolute Gasteiger partial charge is 0.325 e. The zero-order valence-corrected chi connectivity index (χ0v) is 17.3. The zero-order chi connectivity index (χ0) is 19.4. The molecule has 3 aromatic rings. The Balaban J connectivity index is 1.82. The Hall–Kier alpha value is -1.94. The van der Waals surface area contributed by atoms with Gasteiger partial charge in [-0.3, -0.25) is 4.79 Å². The van der Waals surface area contributed by atoms with E-state index in [1.807, 2.05) is 6.07 Å². The fraction of sp³-hybridized carbons (Fsp3) is 0.136. The van der Waals surface area contributed by atoms with Gasteiger partial charge in [-0.05, 0) is 65.9 Å². The molecule has 0 saturated carbocycles. The lowest BCUT2D eigenvalue weighted by molar-refractivity contribution is 0.103. The Morgan fingerprint density at radius 1 is 0.926 bits per heavy atom. The lowest BCUT2D eigenvalue weighted by atomic mass is 10.0. The van der Waals surface area contributed by atoms with Gasteiger partial charge in [0.05, 0.1) is 5.69 Å². The van der Waals surface area contributed by atoms with Crippen molar-refractivity contribution in [2.24, 2.45) is 0 Å². The Morgan fingerprint density at radius 2 is 1.63 bits per heavy atom. The van der Waals surface area contributed by atoms with E-state index in [0.717, 1.165) is 4.90 Å². The van der Waals surface area contributed by atoms with E-state index in [1.54, 1.807) is 36.4 Å². The average Bonchev–Trinajstić information content (AvgIpc) is 2.66. The van der Waals surface area contributed by atoms with Crippen molar-refractivity contribution in [3.8, 4) is 0 Å². The number of ketones is 1. The van der Waals surface area contributed by atoms with Crippen molar-refractivity contribution in [1.82, 2.24) is 0 Å². The molecule has 0 heterocycles. The molecule has 0 aliphatic rings. The third-order valence-electron chi connectivity index (χ3n) is 4.14. The number of hydrogen-bond acceptors (Lipinski definition) is 3. The van der Waals surface area contributed by atoms with Crippen molar-refractivity contribution < 1.29 is 4.79 Å². The summed E-state index contributed by atoms with van der Waals surface area (Å²) in [7, 11) is 0. The molecule has 27 heavy (non-hydrogen) atoms. The summed E-state index contributed by atoms with van der Waals surface area (Å²) in [4.78, 5) is 14.0. The molecule has 0 aliphatic heterocycles. The average molecular weight is 416 g/mol. The van der Waals surface area contributed by atoms with Gasteiger partial charge in [-0.15, -0.1) is 0 Å². The highest BCUT2D eigenvalue weighted by Gasteiger charge is 2.15. The summed E-state index contributed by atoms with van der Waals surface area (Å²) in [5, 5.41) is 1.04. The van der Waals surface area contributed by atoms with Gasteiger partial charge < -0.3 is 4.72 Å². The molecule has 3 rings (SSSR count). The molecule has 2 nitrogen and oxygen atoms in total. The van der Waals surface area contributed by atoms with Crippen molar-refractivity contribution in [2.45, 2.75) is 24.7 Å². The highest BCUT2D eigenvalue weighted by atomic mass is 35.5. The number of nitrogens with one attached hydrogen (secondary N) is 1. The molecule has 0 amide bonds. The third kappa shape index (κ3) is 5.07. The SMILES string of the molecule is CC(C)c1ccc(SNc2ccc(Cl)cc2C(=O)c2cccc(Cl)c2)cc1. The van der Waals surface area contributed by atoms with Crippen LogP contribution in [0, 0.1) is 0 Å². The summed E-state index contributed by atoms with van der Waals surface area (Å²) in [5.41, 5.74) is 3.04. The molecule has 0 spiro atoms. The van der Waals surface area contributed by atoms with Gasteiger partial charge in [-0.1, -0.05) is 61.3 Å². The van der Waals surface area contributed by atoms with Gasteiger partial charge in [-0.25, -0.2) is 0 Å². The van der Waals surface area contributed by atoms with Crippen LogP contribution in [-0.2, 0) is 0 Å². The van der Waals surface area contributed by atoms with Crippen LogP contribution in [0.15, 0.2) is 71.6 Å². The normalized spacial score (nSPS) is 10.9. The van der Waals surface area contributed by atoms with E-state index in [-0.39, 0.29) is 5.78 Å². The van der Waals surface area contributed by atoms with E-state index >= 15 is 0 Å². The topological polar surface area (TPSA) is 29.1 Å². The molecule has 0 fully saturated rings. The third-order valence-corrected chi connectivity index (χ3v) is 5.44. The summed E-state index contributed by atoms with van der Waals surface area (Å²) in [6.07, 6.45) is 0. The fourth-order valence-electron chi connectivity index (χ4n) is 2.61. The first kappa shape index (κ1) is 19.8. The second-order valence-corrected chi connectivity index (χ2v) is 8.21. The van der Waals surface area contributed by atoms with E-state index < -0.39 is 0 Å². The number of halogens is 2. The summed E-state index contributed by atoms with van der Waals surface area (Å²) < 4.78 is 3.27. The first-order valence-corrected chi connectivity index (χ1v) is 10.1. The number of anilines is 1. The molecule has 0 unspecified atom stereocenters. The minimum absolute atomic E-state index is 0.127. The lowest BCUT2D eigenvalue weighted by Gasteiger charge is -2.12. The molecular weight excluding hydrogens is 397 g/mol. The van der Waals surface area contributed by atoms with Crippen LogP contribution in [-0.4, -0.2) is 5.78 Å². The van der Waals surface area contributed by atoms with Crippen LogP contribution in [0.3, 0.4) is 0 Å². The van der Waals surface area contributed by atoms with E-state index in [4.69, 9.17) is 23.2 Å². The van der Waals surface area contributed by atoms with Crippen LogP contribution in [0.25, 0.3) is 0 Å². The van der Waals surface area contributed by atoms with Crippen molar-refractivity contribution in [2.75, 3.05) is 4.72 Å². The van der Waals surface area contributed by atoms with Gasteiger partial charge in [0, 0.05) is 26.1 Å². The highest BCUT2D eigenvalue weighted by Crippen LogP contribution is 2.29. The van der Waals surface area contributed by atoms with E-state index in [0.29, 0.717) is 32.8 Å². The summed E-state index contributed by atoms with van der Waals surface area (Å²) in [6.45, 7) is 4.34. The number of rotatable bonds is 6. The monoisotopic (exact) mass is 415 g/mol. The van der Waals surface area contributed by atoms with Gasteiger partial charge in [0.2, 0.25) is 0 Å². The van der Waals surface area contributed by atoms with Gasteiger partial charge in [0.15, 0.2) is 5.78 Å². The Morgan fingerprint density at radius 3 is 2.30 bits per heavy atom. The summed E-state index contributed by atoms with van der Waals surface area (Å²) in [6, 6.07) is 20.5. The minimum atomic E-state index is -0.127. The maximum Gasteiger partial charge on any atom is 0.195 e. The molecule has 0 radical (unpaired) electrons. The highest BCUT2D eigenvalue weighted by molar-refractivity contribution is 8.00. The number of carbonyl (C=O) groups excluding carboxylic acids is 1. The van der Waals surface area contributed by atoms with Gasteiger partial charge in [0.1, 0.15) is 0 Å². The lowest BCUT2D eigenvalue weighted by Crippen LogP contribution is -2.05. The van der Waals surface area contributed by atoms with Crippen LogP contribution in [0.1, 0.15) is 41.3 Å². The van der Waals surface area contributed by atoms with Crippen LogP contribution < -0.4 is 4.72 Å². The molecule has 5 heteroatoms. The molecule has 3 aromatic carbocycles. The Labute approximate surface area is 174 Å². The Bertz CT molecular complexity index is 955. The van der Waals surface area contributed by atoms with Crippen molar-refractivity contribution in [3.05, 3.63) is 93.5 Å². The smallest absolute Gasteiger partial charge is 0.195 e.